The van der Waals surface area contributed by atoms with E-state index in [4.69, 9.17) is 11.1 Å². The Labute approximate surface area is 110 Å². The third kappa shape index (κ3) is 4.58. The van der Waals surface area contributed by atoms with Crippen LogP contribution in [-0.2, 0) is 9.59 Å². The predicted octanol–water partition coefficient (Wildman–Crippen LogP) is 0.721. The van der Waals surface area contributed by atoms with Gasteiger partial charge in [-0.25, -0.2) is 0 Å². The molecular formula is C12H15N5O2. The van der Waals surface area contributed by atoms with Crippen molar-refractivity contribution >= 4 is 29.7 Å². The van der Waals surface area contributed by atoms with Crippen LogP contribution in [0.4, 0.5) is 5.69 Å². The number of anilines is 1. The van der Waals surface area contributed by atoms with Gasteiger partial charge in [0.25, 0.3) is 0 Å². The van der Waals surface area contributed by atoms with E-state index in [1.165, 1.54) is 20.1 Å². The number of amides is 2. The molecule has 0 spiro atoms. The first-order valence-electron chi connectivity index (χ1n) is 5.46. The van der Waals surface area contributed by atoms with Crippen LogP contribution in [0.5, 0.6) is 0 Å². The number of nitrogens with zero attached hydrogens (tertiary/aromatic N) is 2. The normalized spacial score (nSPS) is 10.2. The SMILES string of the molecule is CC(=O)Nc1ccc(C=NN(C(=N)N)C(C)=O)cc1. The fourth-order valence-electron chi connectivity index (χ4n) is 1.29. The molecule has 0 unspecified atom stereocenters. The van der Waals surface area contributed by atoms with E-state index in [1.54, 1.807) is 24.3 Å². The quantitative estimate of drug-likeness (QED) is 0.423. The van der Waals surface area contributed by atoms with Crippen molar-refractivity contribution in [3.05, 3.63) is 29.8 Å². The van der Waals surface area contributed by atoms with E-state index >= 15 is 0 Å². The first-order valence-corrected chi connectivity index (χ1v) is 5.46. The minimum atomic E-state index is -0.446. The fourth-order valence-corrected chi connectivity index (χ4v) is 1.29. The van der Waals surface area contributed by atoms with Gasteiger partial charge in [-0.1, -0.05) is 12.1 Å². The average molecular weight is 261 g/mol. The Morgan fingerprint density at radius 1 is 1.32 bits per heavy atom. The van der Waals surface area contributed by atoms with E-state index in [2.05, 4.69) is 10.4 Å². The van der Waals surface area contributed by atoms with Gasteiger partial charge in [0.15, 0.2) is 0 Å². The van der Waals surface area contributed by atoms with Crippen molar-refractivity contribution in [3.8, 4) is 0 Å². The molecule has 4 N–H and O–H groups in total. The van der Waals surface area contributed by atoms with E-state index in [1.807, 2.05) is 0 Å². The molecule has 1 rings (SSSR count). The maximum absolute atomic E-state index is 11.1. The second-order valence-electron chi connectivity index (χ2n) is 3.76. The number of nitrogens with one attached hydrogen (secondary N) is 2. The summed E-state index contributed by atoms with van der Waals surface area (Å²) in [7, 11) is 0. The number of carbonyl (C=O) groups is 2. The minimum absolute atomic E-state index is 0.152. The maximum atomic E-state index is 11.1. The Bertz CT molecular complexity index is 507. The summed E-state index contributed by atoms with van der Waals surface area (Å²) < 4.78 is 0. The summed E-state index contributed by atoms with van der Waals surface area (Å²) in [6.45, 7) is 2.69. The Balaban J connectivity index is 2.79. The van der Waals surface area contributed by atoms with Gasteiger partial charge in [-0.3, -0.25) is 15.0 Å². The number of rotatable bonds is 3. The molecule has 7 nitrogen and oxygen atoms in total. The Morgan fingerprint density at radius 3 is 2.32 bits per heavy atom. The number of guanidine groups is 1. The molecule has 0 aliphatic rings. The number of nitrogens with two attached hydrogens (primary N) is 1. The van der Waals surface area contributed by atoms with Crippen LogP contribution in [0, 0.1) is 5.41 Å². The third-order valence-electron chi connectivity index (χ3n) is 2.08. The zero-order chi connectivity index (χ0) is 14.4. The molecule has 1 aromatic rings. The van der Waals surface area contributed by atoms with Gasteiger partial charge in [-0.2, -0.15) is 10.1 Å². The van der Waals surface area contributed by atoms with Crippen LogP contribution in [0.2, 0.25) is 0 Å². The Hall–Kier alpha value is -2.70. The van der Waals surface area contributed by atoms with Crippen molar-refractivity contribution < 1.29 is 9.59 Å². The molecular weight excluding hydrogens is 246 g/mol. The molecule has 0 fully saturated rings. The van der Waals surface area contributed by atoms with Crippen LogP contribution >= 0.6 is 0 Å². The lowest BCUT2D eigenvalue weighted by molar-refractivity contribution is -0.125. The van der Waals surface area contributed by atoms with Crippen LogP contribution in [-0.4, -0.2) is 29.0 Å². The lowest BCUT2D eigenvalue weighted by Crippen LogP contribution is -2.35. The molecule has 0 bridgehead atoms. The van der Waals surface area contributed by atoms with E-state index in [0.717, 1.165) is 5.01 Å². The Kier molecular flexibility index (Phi) is 4.76. The van der Waals surface area contributed by atoms with Gasteiger partial charge >= 0.3 is 0 Å². The molecule has 100 valence electrons. The average Bonchev–Trinajstić information content (AvgIpc) is 2.29. The standard InChI is InChI=1S/C12H15N5O2/c1-8(18)16-11-5-3-10(4-6-11)7-15-17(9(2)19)12(13)14/h3-7H,1-2H3,(H3,13,14)(H,16,18). The van der Waals surface area contributed by atoms with Crippen molar-refractivity contribution in [2.45, 2.75) is 13.8 Å². The second-order valence-corrected chi connectivity index (χ2v) is 3.76. The summed E-state index contributed by atoms with van der Waals surface area (Å²) in [5.41, 5.74) is 6.58. The molecule has 0 aliphatic carbocycles. The van der Waals surface area contributed by atoms with Crippen LogP contribution in [0.3, 0.4) is 0 Å². The Morgan fingerprint density at radius 2 is 1.89 bits per heavy atom. The molecule has 0 radical (unpaired) electrons. The maximum Gasteiger partial charge on any atom is 0.246 e. The molecule has 7 heteroatoms. The molecule has 0 atom stereocenters. The smallest absolute Gasteiger partial charge is 0.246 e. The highest BCUT2D eigenvalue weighted by molar-refractivity contribution is 5.95. The summed E-state index contributed by atoms with van der Waals surface area (Å²) in [5.74, 6) is -1.04. The number of benzene rings is 1. The van der Waals surface area contributed by atoms with Crippen molar-refractivity contribution in [3.63, 3.8) is 0 Å². The molecule has 19 heavy (non-hydrogen) atoms. The summed E-state index contributed by atoms with van der Waals surface area (Å²) in [5, 5.41) is 14.4. The lowest BCUT2D eigenvalue weighted by atomic mass is 10.2. The molecule has 0 saturated carbocycles. The third-order valence-corrected chi connectivity index (χ3v) is 2.08. The van der Waals surface area contributed by atoms with Gasteiger partial charge in [-0.15, -0.1) is 0 Å². The topological polar surface area (TPSA) is 112 Å². The molecule has 0 aromatic heterocycles. The number of hydrogen-bond acceptors (Lipinski definition) is 4. The molecule has 0 heterocycles. The van der Waals surface area contributed by atoms with Crippen LogP contribution in [0.1, 0.15) is 19.4 Å². The number of hydrogen-bond donors (Lipinski definition) is 3. The first-order chi connectivity index (χ1) is 8.90. The van der Waals surface area contributed by atoms with Gasteiger partial charge in [0.05, 0.1) is 6.21 Å². The zero-order valence-corrected chi connectivity index (χ0v) is 10.7. The lowest BCUT2D eigenvalue weighted by Gasteiger charge is -2.11. The largest absolute Gasteiger partial charge is 0.368 e. The summed E-state index contributed by atoms with van der Waals surface area (Å²) in [6, 6.07) is 6.84. The molecule has 0 aliphatic heterocycles. The summed E-state index contributed by atoms with van der Waals surface area (Å²) in [4.78, 5) is 22.0. The fraction of sp³-hybridized carbons (Fsp3) is 0.167. The monoisotopic (exact) mass is 261 g/mol. The van der Waals surface area contributed by atoms with Crippen molar-refractivity contribution in [1.82, 2.24) is 5.01 Å². The van der Waals surface area contributed by atoms with Crippen molar-refractivity contribution in [1.29, 1.82) is 5.41 Å². The van der Waals surface area contributed by atoms with Crippen molar-refractivity contribution in [2.24, 2.45) is 10.8 Å². The van der Waals surface area contributed by atoms with Crippen LogP contribution in [0.15, 0.2) is 29.4 Å². The van der Waals surface area contributed by atoms with Crippen LogP contribution in [0.25, 0.3) is 0 Å². The van der Waals surface area contributed by atoms with Crippen molar-refractivity contribution in [2.75, 3.05) is 5.32 Å². The van der Waals surface area contributed by atoms with Crippen LogP contribution < -0.4 is 11.1 Å². The van der Waals surface area contributed by atoms with E-state index in [-0.39, 0.29) is 5.91 Å². The predicted molar refractivity (Wildman–Crippen MR) is 72.8 cm³/mol. The highest BCUT2D eigenvalue weighted by Gasteiger charge is 2.08. The second kappa shape index (κ2) is 6.29. The van der Waals surface area contributed by atoms with E-state index in [9.17, 15) is 9.59 Å². The molecule has 2 amide bonds. The number of carbonyl (C=O) groups excluding carboxylic acids is 2. The highest BCUT2D eigenvalue weighted by atomic mass is 16.2. The molecule has 0 saturated heterocycles. The van der Waals surface area contributed by atoms with Gasteiger partial charge in [0, 0.05) is 19.5 Å². The summed E-state index contributed by atoms with van der Waals surface area (Å²) in [6.07, 6.45) is 1.40. The van der Waals surface area contributed by atoms with Gasteiger partial charge in [0.1, 0.15) is 0 Å². The van der Waals surface area contributed by atoms with Gasteiger partial charge in [0.2, 0.25) is 17.8 Å². The van der Waals surface area contributed by atoms with E-state index in [0.29, 0.717) is 11.3 Å². The van der Waals surface area contributed by atoms with Gasteiger partial charge < -0.3 is 11.1 Å². The summed E-state index contributed by atoms with van der Waals surface area (Å²) >= 11 is 0. The van der Waals surface area contributed by atoms with E-state index < -0.39 is 11.9 Å². The molecule has 1 aromatic carbocycles. The minimum Gasteiger partial charge on any atom is -0.368 e. The first kappa shape index (κ1) is 14.4. The highest BCUT2D eigenvalue weighted by Crippen LogP contribution is 2.08. The zero-order valence-electron chi connectivity index (χ0n) is 10.7. The van der Waals surface area contributed by atoms with Gasteiger partial charge in [-0.05, 0) is 17.7 Å². The number of hydrazone groups is 1.